The number of hydrogen-bond donors (Lipinski definition) is 2. The van der Waals surface area contributed by atoms with Gasteiger partial charge in [-0.15, -0.1) is 0 Å². The van der Waals surface area contributed by atoms with Gasteiger partial charge in [-0.05, 0) is 13.0 Å². The van der Waals surface area contributed by atoms with Gasteiger partial charge in [0.05, 0.1) is 0 Å². The van der Waals surface area contributed by atoms with Gasteiger partial charge in [-0.3, -0.25) is 0 Å². The molecule has 14 heavy (non-hydrogen) atoms. The Kier molecular flexibility index (Phi) is 2.49. The number of carbonyl (C=O) groups is 1. The number of nitriles is 1. The van der Waals surface area contributed by atoms with Gasteiger partial charge >= 0.3 is 5.97 Å². The molecule has 1 aromatic heterocycles. The van der Waals surface area contributed by atoms with Crippen molar-refractivity contribution >= 4 is 5.97 Å². The Bertz CT molecular complexity index is 390. The molecule has 1 heterocycles. The molecule has 0 fully saturated rings. The average molecular weight is 191 g/mol. The van der Waals surface area contributed by atoms with E-state index in [4.69, 9.17) is 16.1 Å². The highest BCUT2D eigenvalue weighted by molar-refractivity contribution is 5.79. The van der Waals surface area contributed by atoms with Crippen LogP contribution in [0.3, 0.4) is 0 Å². The van der Waals surface area contributed by atoms with Crippen molar-refractivity contribution in [3.05, 3.63) is 29.6 Å². The molecule has 0 bridgehead atoms. The molecule has 1 unspecified atom stereocenters. The highest BCUT2D eigenvalue weighted by Crippen LogP contribution is 2.16. The van der Waals surface area contributed by atoms with E-state index in [0.717, 1.165) is 0 Å². The summed E-state index contributed by atoms with van der Waals surface area (Å²) < 4.78 is 0. The second-order valence-corrected chi connectivity index (χ2v) is 3.05. The summed E-state index contributed by atoms with van der Waals surface area (Å²) in [5.41, 5.74) is 4.67. The maximum absolute atomic E-state index is 10.8. The van der Waals surface area contributed by atoms with Crippen molar-refractivity contribution in [2.24, 2.45) is 5.73 Å². The van der Waals surface area contributed by atoms with Crippen molar-refractivity contribution in [3.8, 4) is 6.07 Å². The quantitative estimate of drug-likeness (QED) is 0.696. The second-order valence-electron chi connectivity index (χ2n) is 3.05. The van der Waals surface area contributed by atoms with Crippen LogP contribution in [0, 0.1) is 11.3 Å². The lowest BCUT2D eigenvalue weighted by Crippen LogP contribution is -2.41. The normalized spacial score (nSPS) is 14.1. The SMILES string of the molecule is CC(N)(C(=O)O)c1ccc(C#N)nc1. The highest BCUT2D eigenvalue weighted by Gasteiger charge is 2.30. The van der Waals surface area contributed by atoms with Gasteiger partial charge in [0.25, 0.3) is 0 Å². The van der Waals surface area contributed by atoms with Crippen molar-refractivity contribution in [1.29, 1.82) is 5.26 Å². The summed E-state index contributed by atoms with van der Waals surface area (Å²) in [4.78, 5) is 14.5. The van der Waals surface area contributed by atoms with Crippen LogP contribution in [0.5, 0.6) is 0 Å². The molecule has 0 amide bonds. The molecule has 0 aliphatic carbocycles. The third-order valence-corrected chi connectivity index (χ3v) is 1.92. The summed E-state index contributed by atoms with van der Waals surface area (Å²) in [6.07, 6.45) is 1.30. The minimum absolute atomic E-state index is 0.231. The van der Waals surface area contributed by atoms with Gasteiger partial charge in [-0.25, -0.2) is 9.78 Å². The van der Waals surface area contributed by atoms with Gasteiger partial charge in [-0.1, -0.05) is 6.07 Å². The van der Waals surface area contributed by atoms with Crippen LogP contribution in [0.4, 0.5) is 0 Å². The number of carboxylic acid groups (broad SMARTS) is 1. The predicted octanol–water partition coefficient (Wildman–Crippen LogP) is 0.212. The van der Waals surface area contributed by atoms with Gasteiger partial charge in [0.2, 0.25) is 0 Å². The Hall–Kier alpha value is -1.93. The van der Waals surface area contributed by atoms with Crippen LogP contribution >= 0.6 is 0 Å². The first-order valence-corrected chi connectivity index (χ1v) is 3.87. The van der Waals surface area contributed by atoms with Crippen LogP contribution in [-0.4, -0.2) is 16.1 Å². The van der Waals surface area contributed by atoms with Crippen LogP contribution in [0.25, 0.3) is 0 Å². The molecule has 1 aromatic rings. The maximum Gasteiger partial charge on any atom is 0.328 e. The van der Waals surface area contributed by atoms with E-state index < -0.39 is 11.5 Å². The van der Waals surface area contributed by atoms with Crippen molar-refractivity contribution < 1.29 is 9.90 Å². The zero-order valence-corrected chi connectivity index (χ0v) is 7.56. The summed E-state index contributed by atoms with van der Waals surface area (Å²) in [6, 6.07) is 4.76. The molecule has 5 heteroatoms. The molecule has 0 spiro atoms. The van der Waals surface area contributed by atoms with Gasteiger partial charge in [0, 0.05) is 11.8 Å². The largest absolute Gasteiger partial charge is 0.480 e. The lowest BCUT2D eigenvalue weighted by molar-refractivity contribution is -0.143. The molecule has 1 atom stereocenters. The van der Waals surface area contributed by atoms with Crippen molar-refractivity contribution in [3.63, 3.8) is 0 Å². The molecule has 72 valence electrons. The number of nitrogens with zero attached hydrogens (tertiary/aromatic N) is 2. The summed E-state index contributed by atoms with van der Waals surface area (Å²) >= 11 is 0. The Morgan fingerprint density at radius 2 is 2.36 bits per heavy atom. The molecule has 0 radical (unpaired) electrons. The molecule has 0 saturated carbocycles. The number of aliphatic carboxylic acids is 1. The molecular formula is C9H9N3O2. The van der Waals surface area contributed by atoms with E-state index in [9.17, 15) is 4.79 Å². The number of rotatable bonds is 2. The summed E-state index contributed by atoms with van der Waals surface area (Å²) in [5.74, 6) is -1.14. The van der Waals surface area contributed by atoms with Gasteiger partial charge in [0.15, 0.2) is 0 Å². The summed E-state index contributed by atoms with van der Waals surface area (Å²) in [5, 5.41) is 17.3. The molecule has 3 N–H and O–H groups in total. The standard InChI is InChI=1S/C9H9N3O2/c1-9(11,8(13)14)6-2-3-7(4-10)12-5-6/h2-3,5H,11H2,1H3,(H,13,14). The van der Waals surface area contributed by atoms with E-state index >= 15 is 0 Å². The smallest absolute Gasteiger partial charge is 0.328 e. The second kappa shape index (κ2) is 3.44. The number of aromatic nitrogens is 1. The molecule has 1 rings (SSSR count). The zero-order chi connectivity index (χ0) is 10.8. The first kappa shape index (κ1) is 10.2. The fraction of sp³-hybridized carbons (Fsp3) is 0.222. The van der Waals surface area contributed by atoms with E-state index in [-0.39, 0.29) is 5.69 Å². The Labute approximate surface area is 80.8 Å². The maximum atomic E-state index is 10.8. The van der Waals surface area contributed by atoms with Gasteiger partial charge in [-0.2, -0.15) is 5.26 Å². The van der Waals surface area contributed by atoms with Crippen molar-refractivity contribution in [1.82, 2.24) is 4.98 Å². The molecular weight excluding hydrogens is 182 g/mol. The summed E-state index contributed by atoms with van der Waals surface area (Å²) in [7, 11) is 0. The topological polar surface area (TPSA) is 100 Å². The molecule has 0 saturated heterocycles. The highest BCUT2D eigenvalue weighted by atomic mass is 16.4. The van der Waals surface area contributed by atoms with E-state index in [0.29, 0.717) is 5.56 Å². The third kappa shape index (κ3) is 1.70. The summed E-state index contributed by atoms with van der Waals surface area (Å²) in [6.45, 7) is 1.37. The van der Waals surface area contributed by atoms with Crippen LogP contribution < -0.4 is 5.73 Å². The number of carboxylic acids is 1. The molecule has 0 aliphatic heterocycles. The number of hydrogen-bond acceptors (Lipinski definition) is 4. The lowest BCUT2D eigenvalue weighted by Gasteiger charge is -2.18. The number of pyridine rings is 1. The Morgan fingerprint density at radius 3 is 2.71 bits per heavy atom. The van der Waals surface area contributed by atoms with Crippen LogP contribution in [0.1, 0.15) is 18.2 Å². The minimum Gasteiger partial charge on any atom is -0.480 e. The fourth-order valence-corrected chi connectivity index (χ4v) is 0.891. The van der Waals surface area contributed by atoms with E-state index in [1.807, 2.05) is 6.07 Å². The van der Waals surface area contributed by atoms with E-state index in [1.54, 1.807) is 0 Å². The van der Waals surface area contributed by atoms with Crippen LogP contribution in [0.15, 0.2) is 18.3 Å². The minimum atomic E-state index is -1.47. The molecule has 0 aromatic carbocycles. The average Bonchev–Trinajstić information content (AvgIpc) is 2.17. The van der Waals surface area contributed by atoms with Crippen molar-refractivity contribution in [2.45, 2.75) is 12.5 Å². The predicted molar refractivity (Wildman–Crippen MR) is 48.1 cm³/mol. The lowest BCUT2D eigenvalue weighted by atomic mass is 9.95. The zero-order valence-electron chi connectivity index (χ0n) is 7.56. The van der Waals surface area contributed by atoms with E-state index in [2.05, 4.69) is 4.98 Å². The molecule has 5 nitrogen and oxygen atoms in total. The van der Waals surface area contributed by atoms with Gasteiger partial charge < -0.3 is 10.8 Å². The first-order chi connectivity index (χ1) is 6.48. The van der Waals surface area contributed by atoms with Gasteiger partial charge in [0.1, 0.15) is 17.3 Å². The monoisotopic (exact) mass is 191 g/mol. The Balaban J connectivity index is 3.10. The third-order valence-electron chi connectivity index (χ3n) is 1.92. The number of nitrogens with two attached hydrogens (primary N) is 1. The first-order valence-electron chi connectivity index (χ1n) is 3.87. The van der Waals surface area contributed by atoms with Crippen molar-refractivity contribution in [2.75, 3.05) is 0 Å². The Morgan fingerprint density at radius 1 is 1.71 bits per heavy atom. The van der Waals surface area contributed by atoms with Crippen LogP contribution in [-0.2, 0) is 10.3 Å². The van der Waals surface area contributed by atoms with E-state index in [1.165, 1.54) is 25.3 Å². The van der Waals surface area contributed by atoms with Crippen LogP contribution in [0.2, 0.25) is 0 Å². The fourth-order valence-electron chi connectivity index (χ4n) is 0.891. The molecule has 0 aliphatic rings.